The highest BCUT2D eigenvalue weighted by atomic mass is 16.7. The third-order valence-electron chi connectivity index (χ3n) is 9.40. The van der Waals surface area contributed by atoms with Gasteiger partial charge in [-0.25, -0.2) is 0 Å². The van der Waals surface area contributed by atoms with Gasteiger partial charge in [0.05, 0.1) is 11.3 Å². The molecule has 1 aliphatic heterocycles. The first-order valence-corrected chi connectivity index (χ1v) is 11.4. The number of allylic oxidation sites excluding steroid dienone is 2. The van der Waals surface area contributed by atoms with E-state index in [9.17, 15) is 5.21 Å². The highest BCUT2D eigenvalue weighted by Gasteiger charge is 2.65. The molecule has 0 aromatic carbocycles. The summed E-state index contributed by atoms with van der Waals surface area (Å²) in [5.74, 6) is 3.78. The molecule has 1 spiro atoms. The molecule has 28 heavy (non-hydrogen) atoms. The van der Waals surface area contributed by atoms with Gasteiger partial charge in [-0.15, -0.1) is 0 Å². The van der Waals surface area contributed by atoms with E-state index in [4.69, 9.17) is 9.47 Å². The lowest BCUT2D eigenvalue weighted by Gasteiger charge is -2.58. The van der Waals surface area contributed by atoms with E-state index < -0.39 is 0 Å². The fourth-order valence-corrected chi connectivity index (χ4v) is 8.04. The number of oxime groups is 1. The summed E-state index contributed by atoms with van der Waals surface area (Å²) in [7, 11) is 1.74. The van der Waals surface area contributed by atoms with Crippen LogP contribution in [0.4, 0.5) is 0 Å². The van der Waals surface area contributed by atoms with E-state index in [2.05, 4.69) is 37.2 Å². The number of hydrogen-bond donors (Lipinski definition) is 1. The lowest BCUT2D eigenvalue weighted by atomic mass is 9.48. The lowest BCUT2D eigenvalue weighted by molar-refractivity contribution is -0.193. The third-order valence-corrected chi connectivity index (χ3v) is 9.40. The van der Waals surface area contributed by atoms with Gasteiger partial charge in [0.1, 0.15) is 0 Å². The molecule has 0 saturated heterocycles. The summed E-state index contributed by atoms with van der Waals surface area (Å²) in [6.07, 6.45) is 16.0. The molecule has 154 valence electrons. The van der Waals surface area contributed by atoms with Crippen LogP contribution in [0.5, 0.6) is 0 Å². The van der Waals surface area contributed by atoms with Crippen molar-refractivity contribution < 1.29 is 14.7 Å². The molecule has 1 N–H and O–H groups in total. The molecule has 4 unspecified atom stereocenters. The fourth-order valence-electron chi connectivity index (χ4n) is 8.04. The molecule has 3 saturated carbocycles. The van der Waals surface area contributed by atoms with E-state index in [1.807, 2.05) is 0 Å². The summed E-state index contributed by atoms with van der Waals surface area (Å²) in [5, 5.41) is 12.8. The van der Waals surface area contributed by atoms with Crippen molar-refractivity contribution >= 4 is 5.71 Å². The maximum atomic E-state index is 9.27. The zero-order valence-corrected chi connectivity index (χ0v) is 17.6. The lowest BCUT2D eigenvalue weighted by Crippen LogP contribution is -2.54. The van der Waals surface area contributed by atoms with Gasteiger partial charge in [-0.3, -0.25) is 0 Å². The quantitative estimate of drug-likeness (QED) is 0.397. The summed E-state index contributed by atoms with van der Waals surface area (Å²) in [6.45, 7) is 4.88. The van der Waals surface area contributed by atoms with Crippen LogP contribution in [0.1, 0.15) is 65.2 Å². The van der Waals surface area contributed by atoms with Crippen molar-refractivity contribution in [1.82, 2.24) is 0 Å². The minimum Gasteiger partial charge on any atom is -0.411 e. The summed E-state index contributed by atoms with van der Waals surface area (Å²) in [6, 6.07) is 0. The van der Waals surface area contributed by atoms with E-state index in [1.54, 1.807) is 12.7 Å². The predicted octanol–water partition coefficient (Wildman–Crippen LogP) is 5.32. The largest absolute Gasteiger partial charge is 0.411 e. The standard InChI is InChI=1S/C24H35NO3/c1-4-15-13-16-14-17(25-26)5-6-18(16)19-7-10-23(2)20(22(15)19)8-11-24(23)12-9-21(27-3)28-24/h9,12,14-15,18-22,26H,4-8,10-11,13H2,1-3H3/b25-17+/t15-,18-,19?,20?,21?,22?,23-,24+/m0/s1. The summed E-state index contributed by atoms with van der Waals surface area (Å²) in [5.41, 5.74) is 2.55. The third kappa shape index (κ3) is 2.46. The second-order valence-corrected chi connectivity index (χ2v) is 10.1. The normalized spacial score (nSPS) is 51.1. The topological polar surface area (TPSA) is 51.1 Å². The van der Waals surface area contributed by atoms with Gasteiger partial charge < -0.3 is 14.7 Å². The summed E-state index contributed by atoms with van der Waals surface area (Å²) < 4.78 is 12.0. The van der Waals surface area contributed by atoms with Gasteiger partial charge in [-0.1, -0.05) is 37.1 Å². The van der Waals surface area contributed by atoms with Crippen molar-refractivity contribution in [1.29, 1.82) is 0 Å². The van der Waals surface area contributed by atoms with E-state index in [0.717, 1.165) is 42.2 Å². The first kappa shape index (κ1) is 18.9. The molecular formula is C24H35NO3. The number of hydrogen-bond acceptors (Lipinski definition) is 4. The molecule has 0 radical (unpaired) electrons. The van der Waals surface area contributed by atoms with Gasteiger partial charge in [0.25, 0.3) is 0 Å². The van der Waals surface area contributed by atoms with Gasteiger partial charge in [0.2, 0.25) is 0 Å². The first-order chi connectivity index (χ1) is 13.5. The zero-order valence-electron chi connectivity index (χ0n) is 17.6. The molecule has 0 aromatic rings. The smallest absolute Gasteiger partial charge is 0.177 e. The Labute approximate surface area is 169 Å². The molecule has 0 amide bonds. The maximum Gasteiger partial charge on any atom is 0.177 e. The minimum atomic E-state index is -0.175. The van der Waals surface area contributed by atoms with Crippen molar-refractivity contribution in [3.63, 3.8) is 0 Å². The second kappa shape index (κ2) is 6.70. The summed E-state index contributed by atoms with van der Waals surface area (Å²) in [4.78, 5) is 0. The van der Waals surface area contributed by atoms with Crippen LogP contribution in [-0.2, 0) is 9.47 Å². The molecule has 3 fully saturated rings. The average Bonchev–Trinajstić information content (AvgIpc) is 3.28. The molecule has 5 rings (SSSR count). The van der Waals surface area contributed by atoms with Crippen LogP contribution in [0.25, 0.3) is 0 Å². The van der Waals surface area contributed by atoms with Crippen LogP contribution in [0, 0.1) is 35.0 Å². The molecular weight excluding hydrogens is 350 g/mol. The summed E-state index contributed by atoms with van der Waals surface area (Å²) >= 11 is 0. The molecule has 0 aromatic heterocycles. The van der Waals surface area contributed by atoms with E-state index in [0.29, 0.717) is 5.92 Å². The van der Waals surface area contributed by atoms with Gasteiger partial charge in [-0.2, -0.15) is 0 Å². The van der Waals surface area contributed by atoms with Gasteiger partial charge in [0, 0.05) is 12.5 Å². The second-order valence-electron chi connectivity index (χ2n) is 10.1. The van der Waals surface area contributed by atoms with Crippen molar-refractivity contribution in [2.75, 3.05) is 7.11 Å². The van der Waals surface area contributed by atoms with Gasteiger partial charge >= 0.3 is 0 Å². The molecule has 0 bridgehead atoms. The maximum absolute atomic E-state index is 9.27. The molecule has 4 aliphatic carbocycles. The van der Waals surface area contributed by atoms with Gasteiger partial charge in [-0.05, 0) is 86.7 Å². The zero-order chi connectivity index (χ0) is 19.5. The number of ether oxygens (including phenoxy) is 2. The Balaban J connectivity index is 1.48. The Hall–Kier alpha value is -1.13. The van der Waals surface area contributed by atoms with Crippen LogP contribution in [-0.4, -0.2) is 29.9 Å². The van der Waals surface area contributed by atoms with Crippen LogP contribution in [0.3, 0.4) is 0 Å². The SMILES string of the molecule is CC[C@H]1CC2=C/C(=N/O)CC[C@@H]2C2CC[C@@]3(C)C(CC[C@@]34C=CC(OC)O4)C21. The molecule has 4 heteroatoms. The predicted molar refractivity (Wildman–Crippen MR) is 109 cm³/mol. The average molecular weight is 386 g/mol. The van der Waals surface area contributed by atoms with Crippen LogP contribution < -0.4 is 0 Å². The Morgan fingerprint density at radius 2 is 2.14 bits per heavy atom. The van der Waals surface area contributed by atoms with E-state index >= 15 is 0 Å². The molecule has 1 heterocycles. The minimum absolute atomic E-state index is 0.124. The Morgan fingerprint density at radius 1 is 1.29 bits per heavy atom. The number of fused-ring (bicyclic) bond motifs is 6. The highest BCUT2D eigenvalue weighted by molar-refractivity contribution is 5.96. The van der Waals surface area contributed by atoms with Crippen LogP contribution in [0.2, 0.25) is 0 Å². The Morgan fingerprint density at radius 3 is 2.86 bits per heavy atom. The molecule has 8 atom stereocenters. The number of methoxy groups -OCH3 is 1. The van der Waals surface area contributed by atoms with Crippen molar-refractivity contribution in [2.45, 2.75) is 77.1 Å². The van der Waals surface area contributed by atoms with Crippen LogP contribution >= 0.6 is 0 Å². The fraction of sp³-hybridized carbons (Fsp3) is 0.792. The molecule has 5 aliphatic rings. The van der Waals surface area contributed by atoms with E-state index in [1.165, 1.54) is 38.5 Å². The van der Waals surface area contributed by atoms with Crippen molar-refractivity contribution in [3.05, 3.63) is 23.8 Å². The van der Waals surface area contributed by atoms with Crippen molar-refractivity contribution in [3.8, 4) is 0 Å². The number of rotatable bonds is 2. The number of nitrogens with zero attached hydrogens (tertiary/aromatic N) is 1. The van der Waals surface area contributed by atoms with Crippen molar-refractivity contribution in [2.24, 2.45) is 40.2 Å². The molecule has 4 nitrogen and oxygen atoms in total. The highest BCUT2D eigenvalue weighted by Crippen LogP contribution is 2.68. The Kier molecular flexibility index (Phi) is 4.52. The van der Waals surface area contributed by atoms with Crippen LogP contribution in [0.15, 0.2) is 29.0 Å². The Bertz CT molecular complexity index is 727. The monoisotopic (exact) mass is 385 g/mol. The van der Waals surface area contributed by atoms with E-state index in [-0.39, 0.29) is 17.3 Å². The first-order valence-electron chi connectivity index (χ1n) is 11.4. The van der Waals surface area contributed by atoms with Gasteiger partial charge in [0.15, 0.2) is 6.29 Å².